The molecule has 28 heavy (non-hydrogen) atoms. The molecule has 1 aliphatic rings. The van der Waals surface area contributed by atoms with Gasteiger partial charge in [-0.15, -0.1) is 11.3 Å². The van der Waals surface area contributed by atoms with Gasteiger partial charge in [0.15, 0.2) is 0 Å². The topological polar surface area (TPSA) is 65.5 Å². The standard InChI is InChI=1S/C19H19FN4O2S2/c20-17-9-5-4-8-16(17)18-14-21-10-12-23(18)24(19-22-11-13-27-19)28(25,26)15-6-2-1-3-7-15/h1-9,11,13,18,21H,10,12,14H2. The summed E-state index contributed by atoms with van der Waals surface area (Å²) in [5, 5.41) is 6.98. The fourth-order valence-electron chi connectivity index (χ4n) is 3.28. The van der Waals surface area contributed by atoms with Crippen LogP contribution >= 0.6 is 11.3 Å². The average Bonchev–Trinajstić information content (AvgIpc) is 3.24. The number of hydrogen-bond donors (Lipinski definition) is 1. The first kappa shape index (κ1) is 19.0. The van der Waals surface area contributed by atoms with Crippen molar-refractivity contribution in [3.8, 4) is 0 Å². The highest BCUT2D eigenvalue weighted by molar-refractivity contribution is 7.93. The molecule has 2 heterocycles. The minimum Gasteiger partial charge on any atom is -0.313 e. The number of benzene rings is 2. The number of halogens is 1. The first-order chi connectivity index (χ1) is 13.6. The number of aromatic nitrogens is 1. The number of piperazine rings is 1. The molecule has 1 saturated heterocycles. The Bertz CT molecular complexity index is 1030. The summed E-state index contributed by atoms with van der Waals surface area (Å²) in [6.45, 7) is 1.40. The number of nitrogens with one attached hydrogen (secondary N) is 1. The van der Waals surface area contributed by atoms with E-state index >= 15 is 0 Å². The summed E-state index contributed by atoms with van der Waals surface area (Å²) in [6, 6.07) is 14.2. The van der Waals surface area contributed by atoms with E-state index in [1.807, 2.05) is 0 Å². The van der Waals surface area contributed by atoms with Crippen molar-refractivity contribution >= 4 is 26.5 Å². The lowest BCUT2D eigenvalue weighted by atomic mass is 10.0. The Hall–Kier alpha value is -2.33. The lowest BCUT2D eigenvalue weighted by Crippen LogP contribution is -2.56. The second-order valence-electron chi connectivity index (χ2n) is 6.28. The largest absolute Gasteiger partial charge is 0.313 e. The van der Waals surface area contributed by atoms with Crippen LogP contribution < -0.4 is 9.73 Å². The Morgan fingerprint density at radius 1 is 1.14 bits per heavy atom. The first-order valence-corrected chi connectivity index (χ1v) is 11.1. The third kappa shape index (κ3) is 3.53. The molecule has 146 valence electrons. The highest BCUT2D eigenvalue weighted by Gasteiger charge is 2.38. The maximum Gasteiger partial charge on any atom is 0.280 e. The molecule has 2 aromatic carbocycles. The summed E-state index contributed by atoms with van der Waals surface area (Å²) in [4.78, 5) is 4.41. The van der Waals surface area contributed by atoms with Crippen LogP contribution in [0.1, 0.15) is 11.6 Å². The number of nitrogens with zero attached hydrogens (tertiary/aromatic N) is 3. The maximum atomic E-state index is 14.5. The Morgan fingerprint density at radius 3 is 2.61 bits per heavy atom. The third-order valence-electron chi connectivity index (χ3n) is 4.56. The van der Waals surface area contributed by atoms with Gasteiger partial charge in [0.1, 0.15) is 5.82 Å². The number of hydrazine groups is 1. The van der Waals surface area contributed by atoms with E-state index in [0.717, 1.165) is 0 Å². The second-order valence-corrected chi connectivity index (χ2v) is 8.92. The van der Waals surface area contributed by atoms with E-state index in [9.17, 15) is 12.8 Å². The highest BCUT2D eigenvalue weighted by atomic mass is 32.2. The molecule has 0 saturated carbocycles. The molecule has 1 atom stereocenters. The number of rotatable bonds is 5. The molecule has 0 bridgehead atoms. The van der Waals surface area contributed by atoms with Crippen LogP contribution in [0, 0.1) is 5.82 Å². The number of hydrogen-bond acceptors (Lipinski definition) is 6. The summed E-state index contributed by atoms with van der Waals surface area (Å²) in [5.41, 5.74) is 0.444. The summed E-state index contributed by atoms with van der Waals surface area (Å²) in [6.07, 6.45) is 1.56. The van der Waals surface area contributed by atoms with Crippen LogP contribution in [0.5, 0.6) is 0 Å². The van der Waals surface area contributed by atoms with Crippen molar-refractivity contribution in [2.24, 2.45) is 0 Å². The van der Waals surface area contributed by atoms with Gasteiger partial charge in [0.2, 0.25) is 5.13 Å². The fraction of sp³-hybridized carbons (Fsp3) is 0.211. The van der Waals surface area contributed by atoms with Gasteiger partial charge in [0.05, 0.1) is 10.9 Å². The zero-order valence-corrected chi connectivity index (χ0v) is 16.5. The zero-order chi connectivity index (χ0) is 19.6. The van der Waals surface area contributed by atoms with Crippen molar-refractivity contribution in [1.82, 2.24) is 15.3 Å². The van der Waals surface area contributed by atoms with Crippen LogP contribution in [0.3, 0.4) is 0 Å². The molecule has 1 unspecified atom stereocenters. The van der Waals surface area contributed by atoms with E-state index < -0.39 is 16.1 Å². The van der Waals surface area contributed by atoms with Crippen molar-refractivity contribution < 1.29 is 12.8 Å². The van der Waals surface area contributed by atoms with Crippen molar-refractivity contribution in [3.63, 3.8) is 0 Å². The zero-order valence-electron chi connectivity index (χ0n) is 14.9. The predicted octanol–water partition coefficient (Wildman–Crippen LogP) is 3.04. The molecule has 0 aliphatic carbocycles. The van der Waals surface area contributed by atoms with Gasteiger partial charge in [-0.05, 0) is 18.2 Å². The number of anilines is 1. The predicted molar refractivity (Wildman–Crippen MR) is 107 cm³/mol. The van der Waals surface area contributed by atoms with Gasteiger partial charge in [-0.2, -0.15) is 17.8 Å². The van der Waals surface area contributed by atoms with E-state index in [-0.39, 0.29) is 10.7 Å². The quantitative estimate of drug-likeness (QED) is 0.690. The summed E-state index contributed by atoms with van der Waals surface area (Å²) < 4.78 is 42.8. The monoisotopic (exact) mass is 418 g/mol. The van der Waals surface area contributed by atoms with Crippen molar-refractivity contribution in [2.75, 3.05) is 24.0 Å². The summed E-state index contributed by atoms with van der Waals surface area (Å²) in [5.74, 6) is -0.364. The molecular weight excluding hydrogens is 399 g/mol. The Kier molecular flexibility index (Phi) is 5.40. The Balaban J connectivity index is 1.83. The molecule has 1 N–H and O–H groups in total. The second kappa shape index (κ2) is 7.96. The average molecular weight is 419 g/mol. The van der Waals surface area contributed by atoms with Gasteiger partial charge < -0.3 is 5.32 Å². The van der Waals surface area contributed by atoms with Crippen molar-refractivity contribution in [1.29, 1.82) is 0 Å². The summed E-state index contributed by atoms with van der Waals surface area (Å²) >= 11 is 1.23. The van der Waals surface area contributed by atoms with Crippen LogP contribution in [0.25, 0.3) is 0 Å². The Morgan fingerprint density at radius 2 is 1.89 bits per heavy atom. The van der Waals surface area contributed by atoms with E-state index in [4.69, 9.17) is 0 Å². The van der Waals surface area contributed by atoms with Crippen LogP contribution in [0.4, 0.5) is 9.52 Å². The van der Waals surface area contributed by atoms with Gasteiger partial charge >= 0.3 is 0 Å². The Labute approximate surface area is 167 Å². The SMILES string of the molecule is O=S(=O)(c1ccccc1)N(c1nccs1)N1CCNCC1c1ccccc1F. The van der Waals surface area contributed by atoms with Crippen molar-refractivity contribution in [2.45, 2.75) is 10.9 Å². The van der Waals surface area contributed by atoms with E-state index in [1.54, 1.807) is 65.1 Å². The number of thiazole rings is 1. The van der Waals surface area contributed by atoms with Crippen LogP contribution in [-0.4, -0.2) is 38.0 Å². The van der Waals surface area contributed by atoms with Gasteiger partial charge in [0.25, 0.3) is 10.0 Å². The lowest BCUT2D eigenvalue weighted by molar-refractivity contribution is 0.168. The van der Waals surface area contributed by atoms with E-state index in [0.29, 0.717) is 30.3 Å². The molecule has 1 fully saturated rings. The maximum absolute atomic E-state index is 14.5. The molecule has 9 heteroatoms. The molecule has 1 aliphatic heterocycles. The minimum atomic E-state index is -3.92. The highest BCUT2D eigenvalue weighted by Crippen LogP contribution is 2.34. The third-order valence-corrected chi connectivity index (χ3v) is 7.13. The molecule has 1 aromatic heterocycles. The van der Waals surface area contributed by atoms with Crippen molar-refractivity contribution in [3.05, 3.63) is 77.6 Å². The first-order valence-electron chi connectivity index (χ1n) is 8.80. The van der Waals surface area contributed by atoms with Gasteiger partial charge in [-0.3, -0.25) is 0 Å². The lowest BCUT2D eigenvalue weighted by Gasteiger charge is -2.42. The molecule has 0 amide bonds. The van der Waals surface area contributed by atoms with Crippen LogP contribution in [0.15, 0.2) is 71.1 Å². The molecule has 6 nitrogen and oxygen atoms in total. The minimum absolute atomic E-state index is 0.163. The molecule has 0 spiro atoms. The molecule has 3 aromatic rings. The summed E-state index contributed by atoms with van der Waals surface area (Å²) in [7, 11) is -3.92. The molecular formula is C19H19FN4O2S2. The molecule has 4 rings (SSSR count). The van der Waals surface area contributed by atoms with Gasteiger partial charge in [-0.1, -0.05) is 36.4 Å². The van der Waals surface area contributed by atoms with Gasteiger partial charge in [0, 0.05) is 36.8 Å². The van der Waals surface area contributed by atoms with Crippen LogP contribution in [-0.2, 0) is 10.0 Å². The smallest absolute Gasteiger partial charge is 0.280 e. The fourth-order valence-corrected chi connectivity index (χ4v) is 5.69. The normalized spacial score (nSPS) is 18.1. The molecule has 0 radical (unpaired) electrons. The number of sulfonamides is 1. The van der Waals surface area contributed by atoms with E-state index in [2.05, 4.69) is 10.3 Å². The van der Waals surface area contributed by atoms with Crippen LogP contribution in [0.2, 0.25) is 0 Å². The van der Waals surface area contributed by atoms with E-state index in [1.165, 1.54) is 21.8 Å². The van der Waals surface area contributed by atoms with Gasteiger partial charge in [-0.25, -0.2) is 9.37 Å².